The number of carboxylic acid groups (broad SMARTS) is 3. The number of rotatable bonds is 10. The molecular formula is C14H22O8. The Hall–Kier alpha value is -1.96. The van der Waals surface area contributed by atoms with Gasteiger partial charge in [-0.1, -0.05) is 20.8 Å². The van der Waals surface area contributed by atoms with E-state index < -0.39 is 47.0 Å². The Kier molecular flexibility index (Phi) is 6.69. The molecule has 2 atom stereocenters. The molecule has 2 unspecified atom stereocenters. The van der Waals surface area contributed by atoms with E-state index in [9.17, 15) is 29.4 Å². The number of hydrogen-bond donors (Lipinski definition) is 4. The van der Waals surface area contributed by atoms with Crippen LogP contribution in [0.2, 0.25) is 0 Å². The Balaban J connectivity index is 6.10. The second-order valence-corrected chi connectivity index (χ2v) is 5.28. The van der Waals surface area contributed by atoms with E-state index in [1.54, 1.807) is 20.8 Å². The molecule has 22 heavy (non-hydrogen) atoms. The lowest BCUT2D eigenvalue weighted by Gasteiger charge is -2.36. The number of ketones is 1. The first kappa shape index (κ1) is 20.0. The lowest BCUT2D eigenvalue weighted by Crippen LogP contribution is -2.57. The zero-order valence-corrected chi connectivity index (χ0v) is 12.8. The van der Waals surface area contributed by atoms with Gasteiger partial charge in [0.1, 0.15) is 0 Å². The molecule has 0 radical (unpaired) electrons. The summed E-state index contributed by atoms with van der Waals surface area (Å²) in [6.45, 7) is 4.96. The Labute approximate surface area is 127 Å². The fraction of sp³-hybridized carbons (Fsp3) is 0.714. The van der Waals surface area contributed by atoms with E-state index in [1.807, 2.05) is 0 Å². The largest absolute Gasteiger partial charge is 0.481 e. The molecule has 0 amide bonds. The van der Waals surface area contributed by atoms with Crippen LogP contribution in [0.25, 0.3) is 0 Å². The number of hydrogen-bond acceptors (Lipinski definition) is 5. The van der Waals surface area contributed by atoms with Gasteiger partial charge >= 0.3 is 17.9 Å². The Morgan fingerprint density at radius 3 is 1.55 bits per heavy atom. The van der Waals surface area contributed by atoms with Gasteiger partial charge in [-0.15, -0.1) is 0 Å². The van der Waals surface area contributed by atoms with Gasteiger partial charge in [0.15, 0.2) is 17.3 Å². The third kappa shape index (κ3) is 3.62. The van der Waals surface area contributed by atoms with E-state index in [2.05, 4.69) is 0 Å². The lowest BCUT2D eigenvalue weighted by molar-refractivity contribution is -0.183. The van der Waals surface area contributed by atoms with Gasteiger partial charge in [-0.05, 0) is 19.3 Å². The molecule has 0 aliphatic heterocycles. The zero-order chi connectivity index (χ0) is 17.7. The zero-order valence-electron chi connectivity index (χ0n) is 12.8. The van der Waals surface area contributed by atoms with Gasteiger partial charge in [-0.2, -0.15) is 0 Å². The summed E-state index contributed by atoms with van der Waals surface area (Å²) in [6.07, 6.45) is -0.611. The molecule has 8 heteroatoms. The fourth-order valence-electron chi connectivity index (χ4n) is 2.64. The molecule has 8 nitrogen and oxygen atoms in total. The Bertz CT molecular complexity index is 457. The third-order valence-electron chi connectivity index (χ3n) is 4.33. The molecule has 126 valence electrons. The van der Waals surface area contributed by atoms with E-state index in [1.165, 1.54) is 0 Å². The second-order valence-electron chi connectivity index (χ2n) is 5.28. The van der Waals surface area contributed by atoms with Crippen molar-refractivity contribution in [3.05, 3.63) is 0 Å². The van der Waals surface area contributed by atoms with Gasteiger partial charge in [-0.25, -0.2) is 4.79 Å². The molecule has 4 N–H and O–H groups in total. The van der Waals surface area contributed by atoms with Crippen molar-refractivity contribution in [3.8, 4) is 0 Å². The maximum atomic E-state index is 12.6. The summed E-state index contributed by atoms with van der Waals surface area (Å²) >= 11 is 0. The number of carboxylic acids is 3. The van der Waals surface area contributed by atoms with E-state index in [-0.39, 0.29) is 19.3 Å². The van der Waals surface area contributed by atoms with Crippen LogP contribution in [0.4, 0.5) is 0 Å². The van der Waals surface area contributed by atoms with Crippen molar-refractivity contribution in [3.63, 3.8) is 0 Å². The maximum absolute atomic E-state index is 12.6. The van der Waals surface area contributed by atoms with Gasteiger partial charge in [0.25, 0.3) is 0 Å². The predicted molar refractivity (Wildman–Crippen MR) is 74.3 cm³/mol. The van der Waals surface area contributed by atoms with Crippen molar-refractivity contribution in [2.24, 2.45) is 11.3 Å². The first-order valence-electron chi connectivity index (χ1n) is 6.97. The summed E-state index contributed by atoms with van der Waals surface area (Å²) in [5.74, 6) is -8.91. The molecule has 0 aliphatic rings. The van der Waals surface area contributed by atoms with Crippen molar-refractivity contribution in [1.82, 2.24) is 0 Å². The van der Waals surface area contributed by atoms with Crippen molar-refractivity contribution in [1.29, 1.82) is 0 Å². The average molecular weight is 318 g/mol. The minimum absolute atomic E-state index is 0.255. The van der Waals surface area contributed by atoms with Gasteiger partial charge in [0, 0.05) is 5.41 Å². The number of aliphatic hydroxyl groups is 1. The molecular weight excluding hydrogens is 296 g/mol. The van der Waals surface area contributed by atoms with E-state index in [4.69, 9.17) is 10.2 Å². The predicted octanol–water partition coefficient (Wildman–Crippen LogP) is 0.763. The van der Waals surface area contributed by atoms with Crippen molar-refractivity contribution in [2.45, 2.75) is 52.1 Å². The van der Waals surface area contributed by atoms with Crippen LogP contribution in [0, 0.1) is 11.3 Å². The summed E-state index contributed by atoms with van der Waals surface area (Å²) in [6, 6.07) is 0. The molecule has 0 aromatic heterocycles. The second kappa shape index (κ2) is 7.35. The van der Waals surface area contributed by atoms with Crippen LogP contribution in [0.3, 0.4) is 0 Å². The van der Waals surface area contributed by atoms with Gasteiger partial charge in [0.2, 0.25) is 0 Å². The third-order valence-corrected chi connectivity index (χ3v) is 4.33. The van der Waals surface area contributed by atoms with Crippen LogP contribution in [-0.4, -0.2) is 49.7 Å². The van der Waals surface area contributed by atoms with Crippen molar-refractivity contribution in [2.75, 3.05) is 0 Å². The first-order valence-corrected chi connectivity index (χ1v) is 6.97. The molecule has 0 saturated heterocycles. The standard InChI is InChI=1S/C14H22O8/c1-4-13(5-2,6-3)10(17)9(11(18)19)14(22,12(20)21)7-8(15)16/h9,22H,4-7H2,1-3H3,(H,15,16)(H,18,19)(H,20,21). The normalized spacial score (nSPS) is 15.6. The highest BCUT2D eigenvalue weighted by molar-refractivity contribution is 6.07. The summed E-state index contributed by atoms with van der Waals surface area (Å²) in [4.78, 5) is 46.1. The van der Waals surface area contributed by atoms with Crippen LogP contribution in [-0.2, 0) is 19.2 Å². The quantitative estimate of drug-likeness (QED) is 0.431. The van der Waals surface area contributed by atoms with Gasteiger partial charge in [-0.3, -0.25) is 14.4 Å². The van der Waals surface area contributed by atoms with Gasteiger partial charge < -0.3 is 20.4 Å². The van der Waals surface area contributed by atoms with Crippen LogP contribution >= 0.6 is 0 Å². The van der Waals surface area contributed by atoms with Gasteiger partial charge in [0.05, 0.1) is 6.42 Å². The topological polar surface area (TPSA) is 149 Å². The van der Waals surface area contributed by atoms with Crippen LogP contribution in [0.1, 0.15) is 46.5 Å². The van der Waals surface area contributed by atoms with Crippen molar-refractivity contribution < 1.29 is 39.6 Å². The van der Waals surface area contributed by atoms with Crippen molar-refractivity contribution >= 4 is 23.7 Å². The maximum Gasteiger partial charge on any atom is 0.337 e. The molecule has 0 aromatic carbocycles. The highest BCUT2D eigenvalue weighted by atomic mass is 16.4. The summed E-state index contributed by atoms with van der Waals surface area (Å²) in [7, 11) is 0. The first-order chi connectivity index (χ1) is 10.0. The summed E-state index contributed by atoms with van der Waals surface area (Å²) in [5.41, 5.74) is -4.31. The highest BCUT2D eigenvalue weighted by Crippen LogP contribution is 2.38. The highest BCUT2D eigenvalue weighted by Gasteiger charge is 2.57. The molecule has 0 aromatic rings. The number of aliphatic carboxylic acids is 3. The number of carbonyl (C=O) groups excluding carboxylic acids is 1. The lowest BCUT2D eigenvalue weighted by atomic mass is 9.67. The van der Waals surface area contributed by atoms with Crippen LogP contribution < -0.4 is 0 Å². The molecule has 0 bridgehead atoms. The number of Topliss-reactive ketones (excluding diaryl/α,β-unsaturated/α-hetero) is 1. The average Bonchev–Trinajstić information content (AvgIpc) is 2.39. The van der Waals surface area contributed by atoms with E-state index >= 15 is 0 Å². The molecule has 0 heterocycles. The molecule has 0 fully saturated rings. The monoisotopic (exact) mass is 318 g/mol. The summed E-state index contributed by atoms with van der Waals surface area (Å²) in [5, 5.41) is 37.2. The van der Waals surface area contributed by atoms with E-state index in [0.717, 1.165) is 0 Å². The molecule has 0 aliphatic carbocycles. The van der Waals surface area contributed by atoms with Crippen LogP contribution in [0.5, 0.6) is 0 Å². The number of carbonyl (C=O) groups is 4. The molecule has 0 spiro atoms. The Morgan fingerprint density at radius 1 is 0.909 bits per heavy atom. The SMILES string of the molecule is CCC(CC)(CC)C(=O)C(C(=O)O)C(O)(CC(=O)O)C(=O)O. The Morgan fingerprint density at radius 2 is 1.32 bits per heavy atom. The van der Waals surface area contributed by atoms with E-state index in [0.29, 0.717) is 0 Å². The van der Waals surface area contributed by atoms with Crippen LogP contribution in [0.15, 0.2) is 0 Å². The minimum Gasteiger partial charge on any atom is -0.481 e. The molecule has 0 saturated carbocycles. The minimum atomic E-state index is -3.19. The summed E-state index contributed by atoms with van der Waals surface area (Å²) < 4.78 is 0. The smallest absolute Gasteiger partial charge is 0.337 e. The fourth-order valence-corrected chi connectivity index (χ4v) is 2.64. The molecule has 0 rings (SSSR count).